The van der Waals surface area contributed by atoms with E-state index in [1.807, 2.05) is 48.5 Å². The second-order valence-corrected chi connectivity index (χ2v) is 13.6. The Bertz CT molecular complexity index is 2270. The summed E-state index contributed by atoms with van der Waals surface area (Å²) in [7, 11) is 0. The summed E-state index contributed by atoms with van der Waals surface area (Å²) in [5.74, 6) is 3.14. The number of pyridine rings is 1. The van der Waals surface area contributed by atoms with E-state index in [0.29, 0.717) is 17.5 Å². The molecule has 0 saturated carbocycles. The van der Waals surface area contributed by atoms with Gasteiger partial charge in [0.1, 0.15) is 17.5 Å². The van der Waals surface area contributed by atoms with Crippen molar-refractivity contribution in [1.29, 1.82) is 0 Å². The lowest BCUT2D eigenvalue weighted by atomic mass is 9.58. The average molecular weight is 647 g/mol. The number of benzene rings is 4. The number of nitrogens with zero attached hydrogens (tertiary/aromatic N) is 4. The number of hydrogen-bond donors (Lipinski definition) is 0. The molecule has 4 aliphatic rings. The zero-order valence-electron chi connectivity index (χ0n) is 27.5. The van der Waals surface area contributed by atoms with E-state index < -0.39 is 0 Å². The van der Waals surface area contributed by atoms with Crippen LogP contribution in [-0.2, 0) is 5.41 Å². The Hall–Kier alpha value is -5.94. The number of para-hydroxylation sites is 1. The Morgan fingerprint density at radius 2 is 1.18 bits per heavy atom. The highest BCUT2D eigenvalue weighted by molar-refractivity contribution is 5.85. The van der Waals surface area contributed by atoms with Crippen molar-refractivity contribution in [3.63, 3.8) is 0 Å². The van der Waals surface area contributed by atoms with Crippen molar-refractivity contribution in [3.8, 4) is 39.8 Å². The summed E-state index contributed by atoms with van der Waals surface area (Å²) < 4.78 is 6.86. The Balaban J connectivity index is 1.07. The molecule has 5 nitrogen and oxygen atoms in total. The van der Waals surface area contributed by atoms with Crippen LogP contribution in [0.3, 0.4) is 0 Å². The standard InChI is InChI=1S/C45H34N4O/c1-2-12-30(13-3-1)42-47-43(49-44(48-42)39-19-10-11-27-46-39)31-23-21-29(22-24-31)32-25-26-41-38(28-32)45(37-18-8-9-20-40(37)50-41)35-16-6-4-14-33(35)34-15-5-7-17-36(34)45/h1-21,23,27-28,38,41H,22,24-26H2. The molecule has 4 aromatic carbocycles. The zero-order chi connectivity index (χ0) is 33.1. The summed E-state index contributed by atoms with van der Waals surface area (Å²) >= 11 is 0. The molecule has 1 spiro atoms. The number of fused-ring (bicyclic) bond motifs is 9. The first kappa shape index (κ1) is 29.0. The summed E-state index contributed by atoms with van der Waals surface area (Å²) in [6, 6.07) is 42.7. The number of hydrogen-bond acceptors (Lipinski definition) is 5. The largest absolute Gasteiger partial charge is 0.489 e. The predicted octanol–water partition coefficient (Wildman–Crippen LogP) is 9.82. The molecule has 1 aliphatic heterocycles. The lowest BCUT2D eigenvalue weighted by Crippen LogP contribution is -2.49. The van der Waals surface area contributed by atoms with Gasteiger partial charge in [-0.2, -0.15) is 0 Å². The SMILES string of the molecule is C1=C(C2=CC3C(CC2)Oc2ccccc2C32c3ccccc3-c3ccccc32)CCC(c2nc(-c3ccccc3)nc(-c3ccccn3)n2)=C1. The van der Waals surface area contributed by atoms with E-state index in [2.05, 4.69) is 96.0 Å². The van der Waals surface area contributed by atoms with Crippen LogP contribution in [0, 0.1) is 5.92 Å². The molecule has 0 fully saturated rings. The maximum atomic E-state index is 6.86. The van der Waals surface area contributed by atoms with Gasteiger partial charge in [-0.25, -0.2) is 15.0 Å². The van der Waals surface area contributed by atoms with Gasteiger partial charge >= 0.3 is 0 Å². The summed E-state index contributed by atoms with van der Waals surface area (Å²) in [5.41, 5.74) is 12.0. The fourth-order valence-corrected chi connectivity index (χ4v) is 8.78. The minimum atomic E-state index is -0.310. The van der Waals surface area contributed by atoms with Crippen LogP contribution in [0.4, 0.5) is 0 Å². The number of aromatic nitrogens is 4. The van der Waals surface area contributed by atoms with E-state index in [0.717, 1.165) is 48.3 Å². The highest BCUT2D eigenvalue weighted by Crippen LogP contribution is 2.62. The lowest BCUT2D eigenvalue weighted by Gasteiger charge is -2.49. The molecule has 240 valence electrons. The minimum absolute atomic E-state index is 0.0924. The first-order chi connectivity index (χ1) is 24.8. The van der Waals surface area contributed by atoms with Gasteiger partial charge in [-0.05, 0) is 82.9 Å². The van der Waals surface area contributed by atoms with Crippen LogP contribution in [0.2, 0.25) is 0 Å². The first-order valence-corrected chi connectivity index (χ1v) is 17.6. The third-order valence-corrected chi connectivity index (χ3v) is 11.0. The van der Waals surface area contributed by atoms with Crippen LogP contribution >= 0.6 is 0 Å². The number of rotatable bonds is 4. The molecule has 0 saturated heterocycles. The lowest BCUT2D eigenvalue weighted by molar-refractivity contribution is 0.0898. The van der Waals surface area contributed by atoms with Crippen molar-refractivity contribution in [2.75, 3.05) is 0 Å². The smallest absolute Gasteiger partial charge is 0.182 e. The summed E-state index contributed by atoms with van der Waals surface area (Å²) in [6.07, 6.45) is 12.7. The Kier molecular flexibility index (Phi) is 6.73. The molecule has 2 unspecified atom stereocenters. The fraction of sp³-hybridized carbons (Fsp3) is 0.156. The van der Waals surface area contributed by atoms with Crippen LogP contribution in [0.1, 0.15) is 48.2 Å². The van der Waals surface area contributed by atoms with Gasteiger partial charge in [-0.3, -0.25) is 4.98 Å². The molecule has 5 heteroatoms. The molecule has 0 radical (unpaired) electrons. The van der Waals surface area contributed by atoms with Gasteiger partial charge in [0, 0.05) is 23.2 Å². The third kappa shape index (κ3) is 4.46. The van der Waals surface area contributed by atoms with Crippen molar-refractivity contribution in [1.82, 2.24) is 19.9 Å². The number of ether oxygens (including phenoxy) is 1. The molecule has 2 aromatic heterocycles. The molecule has 0 N–H and O–H groups in total. The third-order valence-electron chi connectivity index (χ3n) is 11.0. The van der Waals surface area contributed by atoms with Gasteiger partial charge in [0.25, 0.3) is 0 Å². The van der Waals surface area contributed by atoms with E-state index in [1.165, 1.54) is 39.0 Å². The minimum Gasteiger partial charge on any atom is -0.489 e. The van der Waals surface area contributed by atoms with E-state index in [4.69, 9.17) is 19.7 Å². The van der Waals surface area contributed by atoms with E-state index in [-0.39, 0.29) is 17.4 Å². The predicted molar refractivity (Wildman–Crippen MR) is 197 cm³/mol. The maximum absolute atomic E-state index is 6.86. The maximum Gasteiger partial charge on any atom is 0.182 e. The molecular weight excluding hydrogens is 613 g/mol. The fourth-order valence-electron chi connectivity index (χ4n) is 8.78. The van der Waals surface area contributed by atoms with Gasteiger partial charge < -0.3 is 4.74 Å². The van der Waals surface area contributed by atoms with Crippen molar-refractivity contribution < 1.29 is 4.74 Å². The van der Waals surface area contributed by atoms with Gasteiger partial charge in [0.05, 0.1) is 5.41 Å². The Morgan fingerprint density at radius 1 is 0.540 bits per heavy atom. The van der Waals surface area contributed by atoms with Crippen LogP contribution in [-0.4, -0.2) is 26.0 Å². The van der Waals surface area contributed by atoms with Gasteiger partial charge in [-0.1, -0.05) is 121 Å². The first-order valence-electron chi connectivity index (χ1n) is 17.6. The van der Waals surface area contributed by atoms with Crippen LogP contribution < -0.4 is 4.74 Å². The zero-order valence-corrected chi connectivity index (χ0v) is 27.5. The van der Waals surface area contributed by atoms with Crippen molar-refractivity contribution in [3.05, 3.63) is 179 Å². The van der Waals surface area contributed by atoms with Gasteiger partial charge in [0.2, 0.25) is 0 Å². The van der Waals surface area contributed by atoms with E-state index in [1.54, 1.807) is 6.20 Å². The van der Waals surface area contributed by atoms with E-state index in [9.17, 15) is 0 Å². The van der Waals surface area contributed by atoms with Gasteiger partial charge in [0.15, 0.2) is 17.5 Å². The molecule has 0 bridgehead atoms. The molecule has 10 rings (SSSR count). The quantitative estimate of drug-likeness (QED) is 0.191. The Labute approximate surface area is 291 Å². The average Bonchev–Trinajstić information content (AvgIpc) is 3.49. The second-order valence-electron chi connectivity index (χ2n) is 13.6. The monoisotopic (exact) mass is 646 g/mol. The van der Waals surface area contributed by atoms with Crippen molar-refractivity contribution in [2.24, 2.45) is 5.92 Å². The highest BCUT2D eigenvalue weighted by atomic mass is 16.5. The molecule has 3 heterocycles. The Morgan fingerprint density at radius 3 is 1.92 bits per heavy atom. The summed E-state index contributed by atoms with van der Waals surface area (Å²) in [6.45, 7) is 0. The molecule has 50 heavy (non-hydrogen) atoms. The highest BCUT2D eigenvalue weighted by Gasteiger charge is 2.56. The summed E-state index contributed by atoms with van der Waals surface area (Å²) in [4.78, 5) is 19.3. The van der Waals surface area contributed by atoms with E-state index >= 15 is 0 Å². The van der Waals surface area contributed by atoms with Crippen molar-refractivity contribution in [2.45, 2.75) is 37.2 Å². The topological polar surface area (TPSA) is 60.8 Å². The second kappa shape index (κ2) is 11.6. The normalized spacial score (nSPS) is 19.6. The van der Waals surface area contributed by atoms with Gasteiger partial charge in [-0.15, -0.1) is 0 Å². The molecule has 0 amide bonds. The number of allylic oxidation sites excluding steroid dienone is 5. The van der Waals surface area contributed by atoms with Crippen LogP contribution in [0.5, 0.6) is 5.75 Å². The van der Waals surface area contributed by atoms with Crippen LogP contribution in [0.15, 0.2) is 157 Å². The molecule has 3 aliphatic carbocycles. The molecule has 2 atom stereocenters. The van der Waals surface area contributed by atoms with Crippen LogP contribution in [0.25, 0.3) is 39.6 Å². The molecule has 6 aromatic rings. The summed E-state index contributed by atoms with van der Waals surface area (Å²) in [5, 5.41) is 0. The van der Waals surface area contributed by atoms with Crippen molar-refractivity contribution >= 4 is 5.57 Å². The molecular formula is C45H34N4O.